The first kappa shape index (κ1) is 18.0. The highest BCUT2D eigenvalue weighted by atomic mass is 32.2. The van der Waals surface area contributed by atoms with E-state index in [0.29, 0.717) is 24.3 Å². The van der Waals surface area contributed by atoms with Crippen molar-refractivity contribution in [3.05, 3.63) is 39.6 Å². The van der Waals surface area contributed by atoms with Crippen LogP contribution in [0, 0.1) is 6.92 Å². The maximum absolute atomic E-state index is 11.7. The van der Waals surface area contributed by atoms with Crippen LogP contribution in [0.15, 0.2) is 29.2 Å². The molecule has 1 atom stereocenters. The van der Waals surface area contributed by atoms with Crippen LogP contribution in [0.1, 0.15) is 26.2 Å². The highest BCUT2D eigenvalue weighted by Gasteiger charge is 2.27. The SMILES string of the molecule is Cc1c(C2CNCCO2)sc(C(=O)O)c1-c1ccc(S(N)(=O)=O)cc1. The van der Waals surface area contributed by atoms with E-state index in [9.17, 15) is 18.3 Å². The second-order valence-electron chi connectivity index (χ2n) is 5.73. The zero-order valence-electron chi connectivity index (χ0n) is 13.5. The van der Waals surface area contributed by atoms with E-state index < -0.39 is 16.0 Å². The molecule has 1 unspecified atom stereocenters. The van der Waals surface area contributed by atoms with Gasteiger partial charge in [-0.2, -0.15) is 0 Å². The van der Waals surface area contributed by atoms with Gasteiger partial charge in [0.25, 0.3) is 0 Å². The van der Waals surface area contributed by atoms with E-state index in [-0.39, 0.29) is 15.9 Å². The number of nitrogens with one attached hydrogen (secondary N) is 1. The Morgan fingerprint density at radius 1 is 1.36 bits per heavy atom. The number of aromatic carboxylic acids is 1. The van der Waals surface area contributed by atoms with Crippen LogP contribution < -0.4 is 10.5 Å². The topological polar surface area (TPSA) is 119 Å². The van der Waals surface area contributed by atoms with Gasteiger partial charge < -0.3 is 15.2 Å². The van der Waals surface area contributed by atoms with Gasteiger partial charge in [-0.15, -0.1) is 11.3 Å². The Hall–Kier alpha value is -1.78. The van der Waals surface area contributed by atoms with E-state index in [1.165, 1.54) is 23.5 Å². The summed E-state index contributed by atoms with van der Waals surface area (Å²) in [5.41, 5.74) is 2.05. The first-order valence-corrected chi connectivity index (χ1v) is 9.97. The lowest BCUT2D eigenvalue weighted by atomic mass is 9.99. The normalized spacial score (nSPS) is 18.2. The third-order valence-electron chi connectivity index (χ3n) is 4.07. The van der Waals surface area contributed by atoms with E-state index in [1.54, 1.807) is 12.1 Å². The second-order valence-corrected chi connectivity index (χ2v) is 8.35. The molecule has 3 rings (SSSR count). The summed E-state index contributed by atoms with van der Waals surface area (Å²) < 4.78 is 28.5. The summed E-state index contributed by atoms with van der Waals surface area (Å²) in [7, 11) is -3.79. The lowest BCUT2D eigenvalue weighted by Crippen LogP contribution is -2.33. The quantitative estimate of drug-likeness (QED) is 0.741. The van der Waals surface area contributed by atoms with Gasteiger partial charge in [-0.3, -0.25) is 0 Å². The fourth-order valence-electron chi connectivity index (χ4n) is 2.88. The van der Waals surface area contributed by atoms with Crippen molar-refractivity contribution in [1.82, 2.24) is 5.32 Å². The van der Waals surface area contributed by atoms with Crippen molar-refractivity contribution in [3.63, 3.8) is 0 Å². The van der Waals surface area contributed by atoms with Crippen LogP contribution in [-0.4, -0.2) is 39.2 Å². The Kier molecular flexibility index (Phi) is 4.94. The molecule has 2 heterocycles. The minimum absolute atomic E-state index is 0.0129. The molecule has 134 valence electrons. The van der Waals surface area contributed by atoms with Crippen LogP contribution >= 0.6 is 11.3 Å². The molecule has 0 amide bonds. The van der Waals surface area contributed by atoms with Crippen molar-refractivity contribution >= 4 is 27.3 Å². The highest BCUT2D eigenvalue weighted by Crippen LogP contribution is 2.40. The molecule has 1 aromatic heterocycles. The predicted molar refractivity (Wildman–Crippen MR) is 94.4 cm³/mol. The second kappa shape index (κ2) is 6.85. The van der Waals surface area contributed by atoms with E-state index in [4.69, 9.17) is 9.88 Å². The number of carbonyl (C=O) groups is 1. The molecule has 1 fully saturated rings. The predicted octanol–water partition coefficient (Wildman–Crippen LogP) is 1.73. The number of thiophene rings is 1. The Balaban J connectivity index is 2.08. The van der Waals surface area contributed by atoms with E-state index >= 15 is 0 Å². The average molecular weight is 382 g/mol. The maximum Gasteiger partial charge on any atom is 0.346 e. The molecule has 0 saturated carbocycles. The smallest absolute Gasteiger partial charge is 0.346 e. The van der Waals surface area contributed by atoms with Gasteiger partial charge in [-0.25, -0.2) is 18.4 Å². The summed E-state index contributed by atoms with van der Waals surface area (Å²) in [6, 6.07) is 5.91. The first-order chi connectivity index (χ1) is 11.8. The molecule has 0 radical (unpaired) electrons. The molecule has 1 saturated heterocycles. The highest BCUT2D eigenvalue weighted by molar-refractivity contribution is 7.89. The minimum Gasteiger partial charge on any atom is -0.477 e. The van der Waals surface area contributed by atoms with E-state index in [0.717, 1.165) is 17.0 Å². The number of hydrogen-bond donors (Lipinski definition) is 3. The van der Waals surface area contributed by atoms with Gasteiger partial charge in [0, 0.05) is 23.5 Å². The van der Waals surface area contributed by atoms with Crippen molar-refractivity contribution in [3.8, 4) is 11.1 Å². The minimum atomic E-state index is -3.79. The maximum atomic E-state index is 11.7. The van der Waals surface area contributed by atoms with Crippen LogP contribution in [0.4, 0.5) is 0 Å². The molecule has 25 heavy (non-hydrogen) atoms. The molecule has 0 bridgehead atoms. The van der Waals surface area contributed by atoms with Gasteiger partial charge in [0.1, 0.15) is 11.0 Å². The molecule has 1 aromatic carbocycles. The van der Waals surface area contributed by atoms with Gasteiger partial charge in [0.15, 0.2) is 0 Å². The number of primary sulfonamides is 1. The molecule has 7 nitrogen and oxygen atoms in total. The molecule has 1 aliphatic rings. The number of benzene rings is 1. The molecule has 4 N–H and O–H groups in total. The standard InChI is InChI=1S/C16H18N2O5S2/c1-9-13(10-2-4-11(5-3-10)25(17,21)22)15(16(19)20)24-14(9)12-8-18-6-7-23-12/h2-5,12,18H,6-8H2,1H3,(H,19,20)(H2,17,21,22). The lowest BCUT2D eigenvalue weighted by molar-refractivity contribution is 0.0296. The zero-order chi connectivity index (χ0) is 18.2. The summed E-state index contributed by atoms with van der Waals surface area (Å²) in [4.78, 5) is 12.8. The van der Waals surface area contributed by atoms with Crippen molar-refractivity contribution in [2.45, 2.75) is 17.9 Å². The first-order valence-electron chi connectivity index (χ1n) is 7.61. The molecule has 2 aromatic rings. The number of carboxylic acid groups (broad SMARTS) is 1. The molecule has 0 spiro atoms. The Morgan fingerprint density at radius 3 is 2.56 bits per heavy atom. The monoisotopic (exact) mass is 382 g/mol. The number of nitrogens with two attached hydrogens (primary N) is 1. The van der Waals surface area contributed by atoms with Crippen LogP contribution in [0.5, 0.6) is 0 Å². The average Bonchev–Trinajstić information content (AvgIpc) is 2.92. The summed E-state index contributed by atoms with van der Waals surface area (Å²) in [5.74, 6) is -1.02. The van der Waals surface area contributed by atoms with Crippen molar-refractivity contribution in [1.29, 1.82) is 0 Å². The molecular formula is C16H18N2O5S2. The molecule has 0 aliphatic carbocycles. The Labute approximate surface area is 149 Å². The third kappa shape index (κ3) is 3.60. The third-order valence-corrected chi connectivity index (χ3v) is 6.37. The molecule has 1 aliphatic heterocycles. The Morgan fingerprint density at radius 2 is 2.04 bits per heavy atom. The van der Waals surface area contributed by atoms with Gasteiger partial charge in [0.05, 0.1) is 11.5 Å². The fourth-order valence-corrected chi connectivity index (χ4v) is 4.62. The summed E-state index contributed by atoms with van der Waals surface area (Å²) in [6.45, 7) is 3.83. The summed E-state index contributed by atoms with van der Waals surface area (Å²) >= 11 is 1.20. The summed E-state index contributed by atoms with van der Waals surface area (Å²) in [6.07, 6.45) is -0.186. The zero-order valence-corrected chi connectivity index (χ0v) is 15.1. The number of sulfonamides is 1. The summed E-state index contributed by atoms with van der Waals surface area (Å²) in [5, 5.41) is 17.9. The Bertz CT molecular complexity index is 897. The van der Waals surface area contributed by atoms with Crippen LogP contribution in [-0.2, 0) is 14.8 Å². The van der Waals surface area contributed by atoms with Crippen molar-refractivity contribution < 1.29 is 23.1 Å². The largest absolute Gasteiger partial charge is 0.477 e. The molecular weight excluding hydrogens is 364 g/mol. The van der Waals surface area contributed by atoms with E-state index in [1.807, 2.05) is 6.92 Å². The number of ether oxygens (including phenoxy) is 1. The van der Waals surface area contributed by atoms with Gasteiger partial charge in [-0.1, -0.05) is 12.1 Å². The number of rotatable bonds is 4. The lowest BCUT2D eigenvalue weighted by Gasteiger charge is -2.23. The molecule has 9 heteroatoms. The van der Waals surface area contributed by atoms with Crippen molar-refractivity contribution in [2.24, 2.45) is 5.14 Å². The van der Waals surface area contributed by atoms with Gasteiger partial charge in [-0.05, 0) is 30.2 Å². The van der Waals surface area contributed by atoms with Crippen molar-refractivity contribution in [2.75, 3.05) is 19.7 Å². The van der Waals surface area contributed by atoms with Gasteiger partial charge >= 0.3 is 5.97 Å². The number of carboxylic acids is 1. The van der Waals surface area contributed by atoms with Crippen LogP contribution in [0.2, 0.25) is 0 Å². The van der Waals surface area contributed by atoms with Crippen LogP contribution in [0.25, 0.3) is 11.1 Å². The number of morpholine rings is 1. The van der Waals surface area contributed by atoms with Crippen LogP contribution in [0.3, 0.4) is 0 Å². The van der Waals surface area contributed by atoms with E-state index in [2.05, 4.69) is 5.32 Å². The van der Waals surface area contributed by atoms with Gasteiger partial charge in [0.2, 0.25) is 10.0 Å². The number of hydrogen-bond acceptors (Lipinski definition) is 6. The fraction of sp³-hybridized carbons (Fsp3) is 0.312.